The Kier molecular flexibility index (Phi) is 97.9. The molecule has 0 atom stereocenters. The van der Waals surface area contributed by atoms with Crippen molar-refractivity contribution in [2.75, 3.05) is 26.4 Å². The van der Waals surface area contributed by atoms with Gasteiger partial charge in [-0.3, -0.25) is 0 Å². The fourth-order valence-electron chi connectivity index (χ4n) is 0.316. The van der Waals surface area contributed by atoms with Crippen molar-refractivity contribution in [3.8, 4) is 0 Å². The first kappa shape index (κ1) is 30.6. The van der Waals surface area contributed by atoms with Gasteiger partial charge in [0.25, 0.3) is 0 Å². The van der Waals surface area contributed by atoms with Crippen molar-refractivity contribution in [1.82, 2.24) is 0 Å². The van der Waals surface area contributed by atoms with E-state index in [1.165, 1.54) is 0 Å². The van der Waals surface area contributed by atoms with Gasteiger partial charge in [0.15, 0.2) is 0 Å². The molecule has 0 fully saturated rings. The van der Waals surface area contributed by atoms with Crippen LogP contribution in [0, 0.1) is 0 Å². The van der Waals surface area contributed by atoms with Crippen LogP contribution in [0.4, 0.5) is 0 Å². The molecule has 0 heterocycles. The van der Waals surface area contributed by atoms with Crippen LogP contribution in [0.2, 0.25) is 0 Å². The second kappa shape index (κ2) is 54.3. The molecule has 0 bridgehead atoms. The second-order valence-corrected chi connectivity index (χ2v) is 2.79. The van der Waals surface area contributed by atoms with Crippen LogP contribution >= 0.6 is 0 Å². The van der Waals surface area contributed by atoms with Gasteiger partial charge in [0.2, 0.25) is 0 Å². The van der Waals surface area contributed by atoms with E-state index in [9.17, 15) is 0 Å². The van der Waals surface area contributed by atoms with E-state index in [2.05, 4.69) is 13.8 Å². The van der Waals surface area contributed by atoms with E-state index >= 15 is 0 Å². The largest absolute Gasteiger partial charge is 0.397 e. The minimum Gasteiger partial charge on any atom is -0.397 e. The Labute approximate surface area is 126 Å². The van der Waals surface area contributed by atoms with E-state index < -0.39 is 0 Å². The van der Waals surface area contributed by atoms with Crippen molar-refractivity contribution in [3.63, 3.8) is 0 Å². The molecule has 0 aromatic heterocycles. The van der Waals surface area contributed by atoms with Gasteiger partial charge in [0.1, 0.15) is 0 Å². The molecule has 4 nitrogen and oxygen atoms in total. The number of hydrogen-bond donors (Lipinski definition) is 4. The molecule has 4 N–H and O–H groups in total. The Bertz CT molecular complexity index is 54.5. The van der Waals surface area contributed by atoms with Gasteiger partial charge < -0.3 is 20.4 Å². The summed E-state index contributed by atoms with van der Waals surface area (Å²) >= 11 is 0. The molecule has 0 rings (SSSR count). The number of aliphatic hydroxyl groups excluding tert-OH is 4. The molecule has 0 aliphatic rings. The van der Waals surface area contributed by atoms with Gasteiger partial charge in [-0.2, -0.15) is 0 Å². The molecule has 0 radical (unpaired) electrons. The molecule has 0 unspecified atom stereocenters. The van der Waals surface area contributed by atoms with Crippen molar-refractivity contribution in [3.05, 3.63) is 0 Å². The normalized spacial score (nSPS) is 7.06. The van der Waals surface area contributed by atoms with Crippen LogP contribution < -0.4 is 0 Å². The van der Waals surface area contributed by atoms with Crippen molar-refractivity contribution in [2.45, 2.75) is 53.4 Å². The Balaban J connectivity index is -0.0000000381. The molecule has 0 amide bonds. The maximum Gasteiger partial charge on any atom is 0.0430 e. The molecule has 17 heavy (non-hydrogen) atoms. The van der Waals surface area contributed by atoms with Gasteiger partial charge in [0.05, 0.1) is 0 Å². The average Bonchev–Trinajstić information content (AvgIpc) is 2.23. The number of aliphatic hydroxyl groups is 4. The summed E-state index contributed by atoms with van der Waals surface area (Å²) in [5.74, 6) is 0. The molecule has 0 aromatic carbocycles. The van der Waals surface area contributed by atoms with Crippen LogP contribution in [-0.2, 0) is 26.2 Å². The monoisotopic (exact) mass is 330 g/mol. The van der Waals surface area contributed by atoms with Crippen LogP contribution in [0.1, 0.15) is 53.4 Å². The zero-order valence-electron chi connectivity index (χ0n) is 11.9. The standard InChI is InChI=1S/2C4H10O.2C2H6O.Zr/c2*1-2-3-4-5;2*1-2-3;/h2*5H,2-4H2,1H3;2*3H,2H2,1H3;. The first-order valence-corrected chi connectivity index (χ1v) is 6.09. The predicted molar refractivity (Wildman–Crippen MR) is 69.5 cm³/mol. The summed E-state index contributed by atoms with van der Waals surface area (Å²) in [5.41, 5.74) is 0. The molecular weight excluding hydrogens is 299 g/mol. The van der Waals surface area contributed by atoms with Crippen LogP contribution in [-0.4, -0.2) is 46.9 Å². The fourth-order valence-corrected chi connectivity index (χ4v) is 0.316. The number of rotatable bonds is 4. The minimum atomic E-state index is 0. The molecule has 108 valence electrons. The molecule has 0 aliphatic carbocycles. The Morgan fingerprint density at radius 1 is 0.588 bits per heavy atom. The summed E-state index contributed by atoms with van der Waals surface area (Å²) in [5, 5.41) is 31.3. The summed E-state index contributed by atoms with van der Waals surface area (Å²) in [7, 11) is 0. The first-order chi connectivity index (χ1) is 7.66. The molecular formula is C12H32O4Zr. The van der Waals surface area contributed by atoms with Crippen LogP contribution in [0.25, 0.3) is 0 Å². The van der Waals surface area contributed by atoms with Crippen LogP contribution in [0.5, 0.6) is 0 Å². The zero-order valence-corrected chi connectivity index (χ0v) is 14.4. The van der Waals surface area contributed by atoms with E-state index in [4.69, 9.17) is 20.4 Å². The number of hydrogen-bond acceptors (Lipinski definition) is 4. The zero-order chi connectivity index (χ0) is 13.7. The Hall–Kier alpha value is 0.723. The van der Waals surface area contributed by atoms with Crippen molar-refractivity contribution in [2.24, 2.45) is 0 Å². The van der Waals surface area contributed by atoms with E-state index in [1.807, 2.05) is 0 Å². The summed E-state index contributed by atoms with van der Waals surface area (Å²) in [4.78, 5) is 0. The number of unbranched alkanes of at least 4 members (excludes halogenated alkanes) is 2. The fraction of sp³-hybridized carbons (Fsp3) is 1.00. The average molecular weight is 332 g/mol. The summed E-state index contributed by atoms with van der Waals surface area (Å²) in [6, 6.07) is 0. The maximum absolute atomic E-state index is 8.07. The quantitative estimate of drug-likeness (QED) is 0.630. The third kappa shape index (κ3) is 163. The molecule has 0 aromatic rings. The van der Waals surface area contributed by atoms with E-state index in [0.29, 0.717) is 13.2 Å². The van der Waals surface area contributed by atoms with Crippen LogP contribution in [0.3, 0.4) is 0 Å². The molecule has 0 saturated heterocycles. The summed E-state index contributed by atoms with van der Waals surface area (Å²) in [6.45, 7) is 8.65. The van der Waals surface area contributed by atoms with Gasteiger partial charge >= 0.3 is 0 Å². The molecule has 0 spiro atoms. The van der Waals surface area contributed by atoms with E-state index in [1.54, 1.807) is 13.8 Å². The SMILES string of the molecule is CCCCO.CCCCO.CCO.CCO.[Zr]. The van der Waals surface area contributed by atoms with Crippen LogP contribution in [0.15, 0.2) is 0 Å². The van der Waals surface area contributed by atoms with Gasteiger partial charge in [-0.05, 0) is 26.7 Å². The van der Waals surface area contributed by atoms with Gasteiger partial charge in [0, 0.05) is 52.6 Å². The van der Waals surface area contributed by atoms with Gasteiger partial charge in [-0.15, -0.1) is 0 Å². The minimum absolute atomic E-state index is 0. The smallest absolute Gasteiger partial charge is 0.0430 e. The molecule has 5 heteroatoms. The second-order valence-electron chi connectivity index (χ2n) is 2.79. The van der Waals surface area contributed by atoms with Gasteiger partial charge in [-0.25, -0.2) is 0 Å². The third-order valence-corrected chi connectivity index (χ3v) is 1.02. The van der Waals surface area contributed by atoms with Crippen molar-refractivity contribution in [1.29, 1.82) is 0 Å². The van der Waals surface area contributed by atoms with E-state index in [-0.39, 0.29) is 39.4 Å². The van der Waals surface area contributed by atoms with Crippen molar-refractivity contribution < 1.29 is 46.6 Å². The predicted octanol–water partition coefficient (Wildman–Crippen LogP) is 1.55. The first-order valence-electron chi connectivity index (χ1n) is 6.09. The van der Waals surface area contributed by atoms with E-state index in [0.717, 1.165) is 25.7 Å². The summed E-state index contributed by atoms with van der Waals surface area (Å²) < 4.78 is 0. The summed E-state index contributed by atoms with van der Waals surface area (Å²) in [6.07, 6.45) is 4.08. The Morgan fingerprint density at radius 2 is 0.765 bits per heavy atom. The van der Waals surface area contributed by atoms with Crippen molar-refractivity contribution >= 4 is 0 Å². The topological polar surface area (TPSA) is 80.9 Å². The van der Waals surface area contributed by atoms with Gasteiger partial charge in [-0.1, -0.05) is 26.7 Å². The Morgan fingerprint density at radius 3 is 0.765 bits per heavy atom. The maximum atomic E-state index is 8.07. The third-order valence-electron chi connectivity index (χ3n) is 1.02. The molecule has 0 saturated carbocycles. The molecule has 0 aliphatic heterocycles.